The molecule has 0 heterocycles. The fraction of sp³-hybridized carbons (Fsp3) is 0.833. The topological polar surface area (TPSA) is 35.9 Å². The zero-order chi connectivity index (χ0) is 6.41. The standard InChI is InChI=1S/C6H14N2/c1-6(7)4-3-5-8-2/h7-8H,3-5H2,1-2H3. The van der Waals surface area contributed by atoms with Crippen LogP contribution < -0.4 is 5.32 Å². The van der Waals surface area contributed by atoms with Crippen molar-refractivity contribution in [2.75, 3.05) is 13.6 Å². The monoisotopic (exact) mass is 114 g/mol. The van der Waals surface area contributed by atoms with E-state index in [0.717, 1.165) is 25.1 Å². The van der Waals surface area contributed by atoms with Gasteiger partial charge in [0.15, 0.2) is 0 Å². The van der Waals surface area contributed by atoms with E-state index in [1.54, 1.807) is 0 Å². The number of nitrogens with one attached hydrogen (secondary N) is 2. The summed E-state index contributed by atoms with van der Waals surface area (Å²) in [4.78, 5) is 0. The van der Waals surface area contributed by atoms with Gasteiger partial charge >= 0.3 is 0 Å². The van der Waals surface area contributed by atoms with E-state index in [2.05, 4.69) is 5.32 Å². The molecule has 0 spiro atoms. The molecule has 0 aromatic carbocycles. The lowest BCUT2D eigenvalue weighted by atomic mass is 10.2. The van der Waals surface area contributed by atoms with Crippen LogP contribution in [0, 0.1) is 5.41 Å². The molecule has 0 aliphatic carbocycles. The zero-order valence-electron chi connectivity index (χ0n) is 5.62. The molecule has 0 radical (unpaired) electrons. The minimum Gasteiger partial charge on any atom is -0.320 e. The van der Waals surface area contributed by atoms with Crippen LogP contribution in [0.15, 0.2) is 0 Å². The van der Waals surface area contributed by atoms with Gasteiger partial charge in [0.2, 0.25) is 0 Å². The highest BCUT2D eigenvalue weighted by molar-refractivity contribution is 5.78. The van der Waals surface area contributed by atoms with Crippen molar-refractivity contribution in [3.8, 4) is 0 Å². The van der Waals surface area contributed by atoms with Crippen molar-refractivity contribution in [1.82, 2.24) is 5.32 Å². The van der Waals surface area contributed by atoms with Gasteiger partial charge in [-0.3, -0.25) is 0 Å². The van der Waals surface area contributed by atoms with Crippen LogP contribution in [0.1, 0.15) is 19.8 Å². The predicted octanol–water partition coefficient (Wildman–Crippen LogP) is 1.03. The van der Waals surface area contributed by atoms with Gasteiger partial charge in [-0.05, 0) is 33.4 Å². The highest BCUT2D eigenvalue weighted by atomic mass is 14.8. The summed E-state index contributed by atoms with van der Waals surface area (Å²) in [5, 5.41) is 10.1. The van der Waals surface area contributed by atoms with Crippen molar-refractivity contribution in [3.63, 3.8) is 0 Å². The highest BCUT2D eigenvalue weighted by Gasteiger charge is 1.85. The third kappa shape index (κ3) is 5.63. The molecule has 0 saturated heterocycles. The Morgan fingerprint density at radius 3 is 2.62 bits per heavy atom. The Bertz CT molecular complexity index is 68.9. The zero-order valence-corrected chi connectivity index (χ0v) is 5.62. The molecule has 0 bridgehead atoms. The summed E-state index contributed by atoms with van der Waals surface area (Å²) in [7, 11) is 1.93. The van der Waals surface area contributed by atoms with Crippen LogP contribution in [0.3, 0.4) is 0 Å². The lowest BCUT2D eigenvalue weighted by Crippen LogP contribution is -2.08. The van der Waals surface area contributed by atoms with Crippen LogP contribution >= 0.6 is 0 Å². The smallest absolute Gasteiger partial charge is 0.00587 e. The predicted molar refractivity (Wildman–Crippen MR) is 36.6 cm³/mol. The minimum atomic E-state index is 0.778. The van der Waals surface area contributed by atoms with Crippen LogP contribution in [0.2, 0.25) is 0 Å². The van der Waals surface area contributed by atoms with Crippen LogP contribution in [-0.4, -0.2) is 19.3 Å². The minimum absolute atomic E-state index is 0.778. The van der Waals surface area contributed by atoms with Gasteiger partial charge in [0, 0.05) is 5.71 Å². The van der Waals surface area contributed by atoms with E-state index in [4.69, 9.17) is 5.41 Å². The maximum Gasteiger partial charge on any atom is 0.00587 e. The van der Waals surface area contributed by atoms with Gasteiger partial charge in [0.25, 0.3) is 0 Å². The number of hydrogen-bond acceptors (Lipinski definition) is 2. The summed E-state index contributed by atoms with van der Waals surface area (Å²) in [6.07, 6.45) is 2.02. The summed E-state index contributed by atoms with van der Waals surface area (Å²) >= 11 is 0. The average Bonchev–Trinajstić information content (AvgIpc) is 1.66. The van der Waals surface area contributed by atoms with E-state index in [-0.39, 0.29) is 0 Å². The molecule has 0 aliphatic heterocycles. The van der Waals surface area contributed by atoms with Crippen LogP contribution in [0.4, 0.5) is 0 Å². The second-order valence-electron chi connectivity index (χ2n) is 1.99. The first-order valence-electron chi connectivity index (χ1n) is 2.96. The lowest BCUT2D eigenvalue weighted by Gasteiger charge is -1.95. The largest absolute Gasteiger partial charge is 0.320 e. The van der Waals surface area contributed by atoms with Gasteiger partial charge in [0.05, 0.1) is 0 Å². The van der Waals surface area contributed by atoms with Gasteiger partial charge in [-0.15, -0.1) is 0 Å². The maximum atomic E-state index is 7.04. The van der Waals surface area contributed by atoms with Gasteiger partial charge < -0.3 is 10.7 Å². The summed E-state index contributed by atoms with van der Waals surface area (Å²) in [5.74, 6) is 0. The summed E-state index contributed by atoms with van der Waals surface area (Å²) in [5.41, 5.74) is 0.778. The molecule has 0 unspecified atom stereocenters. The summed E-state index contributed by atoms with van der Waals surface area (Å²) in [6.45, 7) is 2.87. The van der Waals surface area contributed by atoms with Crippen molar-refractivity contribution in [2.24, 2.45) is 0 Å². The molecule has 2 heteroatoms. The molecular formula is C6H14N2. The summed E-state index contributed by atoms with van der Waals surface area (Å²) in [6, 6.07) is 0. The third-order valence-electron chi connectivity index (χ3n) is 0.979. The van der Waals surface area contributed by atoms with Crippen LogP contribution in [-0.2, 0) is 0 Å². The van der Waals surface area contributed by atoms with E-state index in [9.17, 15) is 0 Å². The van der Waals surface area contributed by atoms with Crippen molar-refractivity contribution in [1.29, 1.82) is 5.41 Å². The first kappa shape index (κ1) is 7.63. The molecule has 0 rings (SSSR count). The molecule has 0 saturated carbocycles. The Balaban J connectivity index is 2.82. The quantitative estimate of drug-likeness (QED) is 0.415. The molecule has 0 atom stereocenters. The molecule has 8 heavy (non-hydrogen) atoms. The molecular weight excluding hydrogens is 100 g/mol. The van der Waals surface area contributed by atoms with Gasteiger partial charge in [-0.1, -0.05) is 0 Å². The van der Waals surface area contributed by atoms with E-state index in [1.807, 2.05) is 14.0 Å². The fourth-order valence-electron chi connectivity index (χ4n) is 0.530. The SMILES string of the molecule is CNCCCC(C)=N. The lowest BCUT2D eigenvalue weighted by molar-refractivity contribution is 0.744. The number of hydrogen-bond donors (Lipinski definition) is 2. The average molecular weight is 114 g/mol. The van der Waals surface area contributed by atoms with E-state index < -0.39 is 0 Å². The Hall–Kier alpha value is -0.370. The Morgan fingerprint density at radius 2 is 2.25 bits per heavy atom. The Kier molecular flexibility index (Phi) is 4.56. The van der Waals surface area contributed by atoms with E-state index >= 15 is 0 Å². The number of rotatable bonds is 4. The highest BCUT2D eigenvalue weighted by Crippen LogP contribution is 1.86. The Morgan fingerprint density at radius 1 is 1.62 bits per heavy atom. The van der Waals surface area contributed by atoms with Gasteiger partial charge in [-0.25, -0.2) is 0 Å². The van der Waals surface area contributed by atoms with Gasteiger partial charge in [-0.2, -0.15) is 0 Å². The fourth-order valence-corrected chi connectivity index (χ4v) is 0.530. The molecule has 0 aromatic heterocycles. The van der Waals surface area contributed by atoms with Crippen molar-refractivity contribution >= 4 is 5.71 Å². The second-order valence-corrected chi connectivity index (χ2v) is 1.99. The van der Waals surface area contributed by atoms with E-state index in [0.29, 0.717) is 0 Å². The first-order chi connectivity index (χ1) is 3.77. The molecule has 2 nitrogen and oxygen atoms in total. The van der Waals surface area contributed by atoms with Gasteiger partial charge in [0.1, 0.15) is 0 Å². The van der Waals surface area contributed by atoms with Crippen LogP contribution in [0.5, 0.6) is 0 Å². The normalized spacial score (nSPS) is 9.25. The molecule has 0 aromatic rings. The van der Waals surface area contributed by atoms with Crippen molar-refractivity contribution in [3.05, 3.63) is 0 Å². The molecule has 0 fully saturated rings. The van der Waals surface area contributed by atoms with E-state index in [1.165, 1.54) is 0 Å². The molecule has 0 amide bonds. The second kappa shape index (κ2) is 4.78. The Labute approximate surface area is 50.8 Å². The van der Waals surface area contributed by atoms with Crippen LogP contribution in [0.25, 0.3) is 0 Å². The third-order valence-corrected chi connectivity index (χ3v) is 0.979. The summed E-state index contributed by atoms with van der Waals surface area (Å²) < 4.78 is 0. The maximum absolute atomic E-state index is 7.04. The van der Waals surface area contributed by atoms with Crippen molar-refractivity contribution in [2.45, 2.75) is 19.8 Å². The molecule has 0 aliphatic rings. The molecule has 2 N–H and O–H groups in total. The molecule has 48 valence electrons. The first-order valence-corrected chi connectivity index (χ1v) is 2.96. The van der Waals surface area contributed by atoms with Crippen molar-refractivity contribution < 1.29 is 0 Å².